The van der Waals surface area contributed by atoms with Crippen LogP contribution in [0.4, 0.5) is 0 Å². The summed E-state index contributed by atoms with van der Waals surface area (Å²) in [7, 11) is 0. The number of aromatic amines is 1. The molecule has 1 aromatic carbocycles. The van der Waals surface area contributed by atoms with Gasteiger partial charge in [-0.2, -0.15) is 5.10 Å². The molecule has 0 spiro atoms. The van der Waals surface area contributed by atoms with Gasteiger partial charge in [-0.3, -0.25) is 9.89 Å². The Labute approximate surface area is 135 Å². The van der Waals surface area contributed by atoms with Gasteiger partial charge in [-0.05, 0) is 56.9 Å². The SMILES string of the molecule is Cc1nc([C@@H]2CCCN2C(=O)COc2ccc(C)c(C)c2)n[nH]1. The minimum Gasteiger partial charge on any atom is -0.484 e. The number of likely N-dealkylation sites (tertiary alicyclic amines) is 1. The molecule has 3 rings (SSSR count). The number of aromatic nitrogens is 3. The average molecular weight is 314 g/mol. The predicted octanol–water partition coefficient (Wildman–Crippen LogP) is 2.47. The molecule has 6 heteroatoms. The lowest BCUT2D eigenvalue weighted by molar-refractivity contribution is -0.134. The van der Waals surface area contributed by atoms with Crippen LogP contribution in [0, 0.1) is 20.8 Å². The largest absolute Gasteiger partial charge is 0.484 e. The Balaban J connectivity index is 1.64. The summed E-state index contributed by atoms with van der Waals surface area (Å²) in [4.78, 5) is 18.7. The minimum absolute atomic E-state index is 0.0202. The highest BCUT2D eigenvalue weighted by molar-refractivity contribution is 5.78. The number of amides is 1. The van der Waals surface area contributed by atoms with E-state index in [1.165, 1.54) is 5.56 Å². The highest BCUT2D eigenvalue weighted by Crippen LogP contribution is 2.29. The van der Waals surface area contributed by atoms with Crippen molar-refractivity contribution in [1.29, 1.82) is 0 Å². The van der Waals surface area contributed by atoms with Gasteiger partial charge in [0, 0.05) is 6.54 Å². The van der Waals surface area contributed by atoms with Gasteiger partial charge in [0.25, 0.3) is 5.91 Å². The molecule has 0 unspecified atom stereocenters. The number of nitrogens with one attached hydrogen (secondary N) is 1. The van der Waals surface area contributed by atoms with E-state index in [1.54, 1.807) is 0 Å². The summed E-state index contributed by atoms with van der Waals surface area (Å²) in [5.41, 5.74) is 2.37. The molecule has 1 aliphatic rings. The number of hydrogen-bond donors (Lipinski definition) is 1. The van der Waals surface area contributed by atoms with Crippen LogP contribution in [0.5, 0.6) is 5.75 Å². The second kappa shape index (κ2) is 6.40. The van der Waals surface area contributed by atoms with Gasteiger partial charge in [0.2, 0.25) is 0 Å². The van der Waals surface area contributed by atoms with Crippen molar-refractivity contribution >= 4 is 5.91 Å². The van der Waals surface area contributed by atoms with Crippen LogP contribution >= 0.6 is 0 Å². The van der Waals surface area contributed by atoms with Crippen molar-refractivity contribution in [2.24, 2.45) is 0 Å². The number of nitrogens with zero attached hydrogens (tertiary/aromatic N) is 3. The molecule has 2 heterocycles. The summed E-state index contributed by atoms with van der Waals surface area (Å²) in [6.45, 7) is 6.72. The Morgan fingerprint density at radius 1 is 1.35 bits per heavy atom. The molecule has 23 heavy (non-hydrogen) atoms. The molecule has 0 saturated carbocycles. The molecule has 1 atom stereocenters. The molecule has 1 N–H and O–H groups in total. The molecule has 0 aliphatic carbocycles. The first-order chi connectivity index (χ1) is 11.0. The van der Waals surface area contributed by atoms with Gasteiger partial charge in [-0.25, -0.2) is 4.98 Å². The van der Waals surface area contributed by atoms with Crippen LogP contribution in [0.1, 0.15) is 41.7 Å². The molecular weight excluding hydrogens is 292 g/mol. The maximum Gasteiger partial charge on any atom is 0.261 e. The zero-order valence-corrected chi connectivity index (χ0v) is 13.8. The number of carbonyl (C=O) groups is 1. The molecule has 0 radical (unpaired) electrons. The van der Waals surface area contributed by atoms with Gasteiger partial charge < -0.3 is 9.64 Å². The summed E-state index contributed by atoms with van der Waals surface area (Å²) in [5, 5.41) is 7.04. The normalized spacial score (nSPS) is 17.5. The first kappa shape index (κ1) is 15.5. The van der Waals surface area contributed by atoms with E-state index in [0.717, 1.165) is 36.5 Å². The Morgan fingerprint density at radius 2 is 2.17 bits per heavy atom. The molecule has 0 bridgehead atoms. The molecule has 1 amide bonds. The fourth-order valence-corrected chi connectivity index (χ4v) is 2.87. The minimum atomic E-state index is -0.0456. The Kier molecular flexibility index (Phi) is 4.32. The van der Waals surface area contributed by atoms with E-state index in [1.807, 2.05) is 36.9 Å². The number of benzene rings is 1. The highest BCUT2D eigenvalue weighted by atomic mass is 16.5. The lowest BCUT2D eigenvalue weighted by atomic mass is 10.1. The zero-order valence-electron chi connectivity index (χ0n) is 13.8. The number of H-pyrrole nitrogens is 1. The van der Waals surface area contributed by atoms with Crippen molar-refractivity contribution in [1.82, 2.24) is 20.1 Å². The van der Waals surface area contributed by atoms with Crippen molar-refractivity contribution in [3.63, 3.8) is 0 Å². The summed E-state index contributed by atoms with van der Waals surface area (Å²) >= 11 is 0. The lowest BCUT2D eigenvalue weighted by Gasteiger charge is -2.22. The third kappa shape index (κ3) is 3.36. The molecule has 122 valence electrons. The van der Waals surface area contributed by atoms with Crippen molar-refractivity contribution < 1.29 is 9.53 Å². The monoisotopic (exact) mass is 314 g/mol. The Bertz CT molecular complexity index is 710. The second-order valence-corrected chi connectivity index (χ2v) is 6.06. The summed E-state index contributed by atoms with van der Waals surface area (Å²) in [6, 6.07) is 5.82. The second-order valence-electron chi connectivity index (χ2n) is 6.06. The van der Waals surface area contributed by atoms with E-state index >= 15 is 0 Å². The third-order valence-electron chi connectivity index (χ3n) is 4.33. The van der Waals surface area contributed by atoms with E-state index in [-0.39, 0.29) is 18.6 Å². The number of carbonyl (C=O) groups excluding carboxylic acids is 1. The average Bonchev–Trinajstić information content (AvgIpc) is 3.16. The van der Waals surface area contributed by atoms with Crippen LogP contribution in [0.3, 0.4) is 0 Å². The van der Waals surface area contributed by atoms with Crippen LogP contribution < -0.4 is 4.74 Å². The molecule has 1 aliphatic heterocycles. The predicted molar refractivity (Wildman–Crippen MR) is 86.2 cm³/mol. The summed E-state index contributed by atoms with van der Waals surface area (Å²) in [5.74, 6) is 2.17. The van der Waals surface area contributed by atoms with Crippen LogP contribution in [0.25, 0.3) is 0 Å². The van der Waals surface area contributed by atoms with Gasteiger partial charge in [-0.15, -0.1) is 0 Å². The molecule has 1 fully saturated rings. The van der Waals surface area contributed by atoms with E-state index in [0.29, 0.717) is 5.82 Å². The fraction of sp³-hybridized carbons (Fsp3) is 0.471. The molecule has 1 saturated heterocycles. The van der Waals surface area contributed by atoms with Crippen LogP contribution in [0.2, 0.25) is 0 Å². The van der Waals surface area contributed by atoms with Gasteiger partial charge >= 0.3 is 0 Å². The Hall–Kier alpha value is -2.37. The molecular formula is C17H22N4O2. The van der Waals surface area contributed by atoms with Gasteiger partial charge in [0.1, 0.15) is 11.6 Å². The number of ether oxygens (including phenoxy) is 1. The third-order valence-corrected chi connectivity index (χ3v) is 4.33. The van der Waals surface area contributed by atoms with Crippen molar-refractivity contribution in [3.8, 4) is 5.75 Å². The van der Waals surface area contributed by atoms with E-state index in [4.69, 9.17) is 4.74 Å². The topological polar surface area (TPSA) is 71.1 Å². The van der Waals surface area contributed by atoms with E-state index in [9.17, 15) is 4.79 Å². The van der Waals surface area contributed by atoms with Crippen LogP contribution in [-0.2, 0) is 4.79 Å². The van der Waals surface area contributed by atoms with Gasteiger partial charge in [0.05, 0.1) is 6.04 Å². The summed E-state index contributed by atoms with van der Waals surface area (Å²) < 4.78 is 5.67. The molecule has 2 aromatic rings. The van der Waals surface area contributed by atoms with Crippen molar-refractivity contribution in [3.05, 3.63) is 41.0 Å². The maximum atomic E-state index is 12.5. The quantitative estimate of drug-likeness (QED) is 0.941. The molecule has 1 aromatic heterocycles. The van der Waals surface area contributed by atoms with E-state index in [2.05, 4.69) is 22.1 Å². The van der Waals surface area contributed by atoms with Crippen LogP contribution in [0.15, 0.2) is 18.2 Å². The highest BCUT2D eigenvalue weighted by Gasteiger charge is 2.32. The lowest BCUT2D eigenvalue weighted by Crippen LogP contribution is -2.34. The molecule has 6 nitrogen and oxygen atoms in total. The van der Waals surface area contributed by atoms with Crippen molar-refractivity contribution in [2.75, 3.05) is 13.2 Å². The van der Waals surface area contributed by atoms with Gasteiger partial charge in [-0.1, -0.05) is 6.07 Å². The first-order valence-corrected chi connectivity index (χ1v) is 7.93. The Morgan fingerprint density at radius 3 is 2.87 bits per heavy atom. The maximum absolute atomic E-state index is 12.5. The zero-order chi connectivity index (χ0) is 16.4. The number of hydrogen-bond acceptors (Lipinski definition) is 4. The fourth-order valence-electron chi connectivity index (χ4n) is 2.87. The van der Waals surface area contributed by atoms with E-state index < -0.39 is 0 Å². The van der Waals surface area contributed by atoms with Gasteiger partial charge in [0.15, 0.2) is 12.4 Å². The number of aryl methyl sites for hydroxylation is 3. The number of rotatable bonds is 4. The standard InChI is InChI=1S/C17H22N4O2/c1-11-6-7-14(9-12(11)2)23-10-16(22)21-8-4-5-15(21)17-18-13(3)19-20-17/h6-7,9,15H,4-5,8,10H2,1-3H3,(H,18,19,20)/t15-/m0/s1. The summed E-state index contributed by atoms with van der Waals surface area (Å²) in [6.07, 6.45) is 1.86. The smallest absolute Gasteiger partial charge is 0.261 e. The van der Waals surface area contributed by atoms with Crippen LogP contribution in [-0.4, -0.2) is 39.1 Å². The van der Waals surface area contributed by atoms with Crippen molar-refractivity contribution in [2.45, 2.75) is 39.7 Å². The first-order valence-electron chi connectivity index (χ1n) is 7.93.